The van der Waals surface area contributed by atoms with Crippen LogP contribution in [-0.4, -0.2) is 19.5 Å². The molecule has 4 heteroatoms. The van der Waals surface area contributed by atoms with Crippen LogP contribution in [0.3, 0.4) is 0 Å². The molecule has 0 saturated carbocycles. The van der Waals surface area contributed by atoms with E-state index < -0.39 is 0 Å². The largest absolute Gasteiger partial charge is 0.309 e. The molecule has 0 spiro atoms. The van der Waals surface area contributed by atoms with Crippen molar-refractivity contribution in [3.63, 3.8) is 0 Å². The van der Waals surface area contributed by atoms with Crippen LogP contribution >= 0.6 is 0 Å². The summed E-state index contributed by atoms with van der Waals surface area (Å²) in [7, 11) is 0. The molecular weight excluding hydrogens is 645 g/mol. The smallest absolute Gasteiger partial charge is 0.164 e. The summed E-state index contributed by atoms with van der Waals surface area (Å²) in [5.74, 6) is 1.93. The van der Waals surface area contributed by atoms with Crippen LogP contribution in [0.1, 0.15) is 0 Å². The molecule has 0 aliphatic carbocycles. The van der Waals surface area contributed by atoms with E-state index in [4.69, 9.17) is 15.0 Å². The van der Waals surface area contributed by atoms with Gasteiger partial charge in [-0.15, -0.1) is 0 Å². The zero-order valence-corrected chi connectivity index (χ0v) is 28.8. The van der Waals surface area contributed by atoms with Gasteiger partial charge in [0.1, 0.15) is 0 Å². The Morgan fingerprint density at radius 1 is 0.321 bits per heavy atom. The van der Waals surface area contributed by atoms with E-state index >= 15 is 0 Å². The Kier molecular flexibility index (Phi) is 7.43. The van der Waals surface area contributed by atoms with E-state index in [1.54, 1.807) is 0 Å². The molecule has 0 saturated heterocycles. The molecule has 0 unspecified atom stereocenters. The van der Waals surface area contributed by atoms with Crippen molar-refractivity contribution in [2.75, 3.05) is 0 Å². The van der Waals surface area contributed by atoms with E-state index in [1.807, 2.05) is 60.7 Å². The average molecular weight is 677 g/mol. The fourth-order valence-electron chi connectivity index (χ4n) is 7.48. The summed E-state index contributed by atoms with van der Waals surface area (Å²) in [6.45, 7) is 0. The van der Waals surface area contributed by atoms with Crippen molar-refractivity contribution < 1.29 is 0 Å². The summed E-state index contributed by atoms with van der Waals surface area (Å²) in [5, 5.41) is 4.88. The number of fused-ring (bicyclic) bond motifs is 4. The van der Waals surface area contributed by atoms with Gasteiger partial charge in [0, 0.05) is 33.2 Å². The second-order valence-electron chi connectivity index (χ2n) is 13.3. The Hall–Kier alpha value is -7.17. The third-order valence-corrected chi connectivity index (χ3v) is 10.0. The van der Waals surface area contributed by atoms with Crippen molar-refractivity contribution in [2.24, 2.45) is 0 Å². The molecule has 248 valence electrons. The molecule has 8 aromatic carbocycles. The number of benzene rings is 8. The molecule has 0 radical (unpaired) electrons. The van der Waals surface area contributed by atoms with E-state index in [0.29, 0.717) is 17.5 Å². The third kappa shape index (κ3) is 5.54. The normalized spacial score (nSPS) is 11.4. The Labute approximate surface area is 307 Å². The predicted molar refractivity (Wildman–Crippen MR) is 219 cm³/mol. The highest BCUT2D eigenvalue weighted by Gasteiger charge is 2.18. The molecule has 0 fully saturated rings. The fraction of sp³-hybridized carbons (Fsp3) is 0. The quantitative estimate of drug-likeness (QED) is 0.176. The van der Waals surface area contributed by atoms with Gasteiger partial charge in [0.2, 0.25) is 0 Å². The van der Waals surface area contributed by atoms with E-state index in [2.05, 4.69) is 138 Å². The molecule has 2 heterocycles. The first-order valence-corrected chi connectivity index (χ1v) is 17.9. The van der Waals surface area contributed by atoms with Gasteiger partial charge in [-0.25, -0.2) is 15.0 Å². The highest BCUT2D eigenvalue weighted by atomic mass is 15.0. The number of para-hydroxylation sites is 1. The first-order chi connectivity index (χ1) is 26.3. The lowest BCUT2D eigenvalue weighted by Gasteiger charge is -2.11. The van der Waals surface area contributed by atoms with Crippen LogP contribution in [0.4, 0.5) is 0 Å². The second-order valence-corrected chi connectivity index (χ2v) is 13.3. The Bertz CT molecular complexity index is 2870. The maximum atomic E-state index is 5.03. The van der Waals surface area contributed by atoms with E-state index in [9.17, 15) is 0 Å². The Balaban J connectivity index is 1.18. The average Bonchev–Trinajstić information content (AvgIpc) is 3.58. The minimum absolute atomic E-state index is 0.636. The van der Waals surface area contributed by atoms with Gasteiger partial charge in [-0.1, -0.05) is 152 Å². The molecule has 10 aromatic rings. The second kappa shape index (κ2) is 12.9. The standard InChI is InChI=1S/C49H32N4/c1-4-15-34(16-5-1)47-50-48(35-17-6-2-7-18-35)52-49(51-47)40-21-12-20-39(31-40)42-24-13-25-45-46(42)43-32-38(37-27-26-33-14-10-11-19-36(33)30-37)28-29-44(43)53(45)41-22-8-3-9-23-41/h1-32H. The number of hydrogen-bond donors (Lipinski definition) is 0. The fourth-order valence-corrected chi connectivity index (χ4v) is 7.48. The van der Waals surface area contributed by atoms with Crippen molar-refractivity contribution in [2.45, 2.75) is 0 Å². The zero-order chi connectivity index (χ0) is 35.1. The van der Waals surface area contributed by atoms with Gasteiger partial charge in [0.25, 0.3) is 0 Å². The van der Waals surface area contributed by atoms with Crippen molar-refractivity contribution in [1.29, 1.82) is 0 Å². The van der Waals surface area contributed by atoms with Crippen LogP contribution in [0.2, 0.25) is 0 Å². The van der Waals surface area contributed by atoms with E-state index in [-0.39, 0.29) is 0 Å². The zero-order valence-electron chi connectivity index (χ0n) is 28.8. The van der Waals surface area contributed by atoms with Crippen LogP contribution in [0.15, 0.2) is 194 Å². The number of hydrogen-bond acceptors (Lipinski definition) is 3. The molecule has 10 rings (SSSR count). The van der Waals surface area contributed by atoms with E-state index in [0.717, 1.165) is 44.5 Å². The van der Waals surface area contributed by atoms with Crippen LogP contribution in [-0.2, 0) is 0 Å². The SMILES string of the molecule is c1ccc(-c2nc(-c3ccccc3)nc(-c3cccc(-c4cccc5c4c4cc(-c6ccc7ccccc7c6)ccc4n5-c4ccccc4)c3)n2)cc1. The molecule has 0 bridgehead atoms. The van der Waals surface area contributed by atoms with Gasteiger partial charge >= 0.3 is 0 Å². The molecule has 0 amide bonds. The van der Waals surface area contributed by atoms with Crippen LogP contribution < -0.4 is 0 Å². The highest BCUT2D eigenvalue weighted by Crippen LogP contribution is 2.41. The molecule has 2 aromatic heterocycles. The van der Waals surface area contributed by atoms with Gasteiger partial charge in [-0.2, -0.15) is 0 Å². The molecule has 53 heavy (non-hydrogen) atoms. The third-order valence-electron chi connectivity index (χ3n) is 10.0. The van der Waals surface area contributed by atoms with Gasteiger partial charge in [-0.3, -0.25) is 0 Å². The number of nitrogens with zero attached hydrogens (tertiary/aromatic N) is 4. The lowest BCUT2D eigenvalue weighted by Crippen LogP contribution is -2.00. The predicted octanol–water partition coefficient (Wildman–Crippen LogP) is 12.5. The van der Waals surface area contributed by atoms with Crippen molar-refractivity contribution in [1.82, 2.24) is 19.5 Å². The summed E-state index contributed by atoms with van der Waals surface area (Å²) in [6.07, 6.45) is 0. The molecule has 4 nitrogen and oxygen atoms in total. The summed E-state index contributed by atoms with van der Waals surface area (Å²) in [4.78, 5) is 15.0. The summed E-state index contributed by atoms with van der Waals surface area (Å²) in [5.41, 5.74) is 10.9. The summed E-state index contributed by atoms with van der Waals surface area (Å²) >= 11 is 0. The van der Waals surface area contributed by atoms with Crippen molar-refractivity contribution in [3.8, 4) is 62.1 Å². The minimum Gasteiger partial charge on any atom is -0.309 e. The first-order valence-electron chi connectivity index (χ1n) is 17.9. The monoisotopic (exact) mass is 676 g/mol. The molecular formula is C49H32N4. The molecule has 0 aliphatic heterocycles. The topological polar surface area (TPSA) is 43.6 Å². The maximum Gasteiger partial charge on any atom is 0.164 e. The lowest BCUT2D eigenvalue weighted by molar-refractivity contribution is 1.07. The first kappa shape index (κ1) is 30.6. The van der Waals surface area contributed by atoms with Crippen LogP contribution in [0.5, 0.6) is 0 Å². The molecule has 0 aliphatic rings. The summed E-state index contributed by atoms with van der Waals surface area (Å²) in [6, 6.07) is 68.3. The number of rotatable bonds is 6. The summed E-state index contributed by atoms with van der Waals surface area (Å²) < 4.78 is 2.38. The van der Waals surface area contributed by atoms with Crippen molar-refractivity contribution in [3.05, 3.63) is 194 Å². The maximum absolute atomic E-state index is 5.03. The van der Waals surface area contributed by atoms with E-state index in [1.165, 1.54) is 32.7 Å². The van der Waals surface area contributed by atoms with Gasteiger partial charge in [0.15, 0.2) is 17.5 Å². The van der Waals surface area contributed by atoms with Gasteiger partial charge in [-0.05, 0) is 75.5 Å². The Morgan fingerprint density at radius 2 is 0.868 bits per heavy atom. The minimum atomic E-state index is 0.636. The van der Waals surface area contributed by atoms with Gasteiger partial charge in [0.05, 0.1) is 11.0 Å². The van der Waals surface area contributed by atoms with Crippen LogP contribution in [0.25, 0.3) is 94.7 Å². The molecule has 0 atom stereocenters. The highest BCUT2D eigenvalue weighted by molar-refractivity contribution is 6.16. The lowest BCUT2D eigenvalue weighted by atomic mass is 9.95. The Morgan fingerprint density at radius 3 is 1.58 bits per heavy atom. The van der Waals surface area contributed by atoms with Gasteiger partial charge < -0.3 is 4.57 Å². The van der Waals surface area contributed by atoms with Crippen molar-refractivity contribution >= 4 is 32.6 Å². The number of aromatic nitrogens is 4. The van der Waals surface area contributed by atoms with Crippen LogP contribution in [0, 0.1) is 0 Å². The molecule has 0 N–H and O–H groups in total.